The third-order valence-corrected chi connectivity index (χ3v) is 2.38. The predicted octanol–water partition coefficient (Wildman–Crippen LogP) is 1.89. The van der Waals surface area contributed by atoms with Crippen molar-refractivity contribution in [2.24, 2.45) is 5.92 Å². The summed E-state index contributed by atoms with van der Waals surface area (Å²) in [7, 11) is 0. The number of alkyl halides is 3. The molecule has 0 aromatic carbocycles. The van der Waals surface area contributed by atoms with Crippen LogP contribution in [0.3, 0.4) is 0 Å². The van der Waals surface area contributed by atoms with Crippen molar-refractivity contribution in [3.05, 3.63) is 0 Å². The highest BCUT2D eigenvalue weighted by molar-refractivity contribution is 7.80. The summed E-state index contributed by atoms with van der Waals surface area (Å²) in [4.78, 5) is 0.362. The Morgan fingerprint density at radius 1 is 1.50 bits per heavy atom. The van der Waals surface area contributed by atoms with Crippen molar-refractivity contribution in [1.82, 2.24) is 5.32 Å². The first-order valence-corrected chi connectivity index (χ1v) is 4.73. The number of hydrogen-bond acceptors (Lipinski definition) is 2. The summed E-state index contributed by atoms with van der Waals surface area (Å²) in [5.74, 6) is -0.0554. The minimum Gasteiger partial charge on any atom is -0.375 e. The standard InChI is InChI=1S/C8H12F3NOS/c1-4(2)6-7(14)12-3-5(13-6)8(9,10)11/h4-6H,3H2,1-2H3,(H,12,14)/t5-,6+/m0/s1. The Morgan fingerprint density at radius 2 is 2.07 bits per heavy atom. The minimum atomic E-state index is -4.32. The Balaban J connectivity index is 2.67. The molecular weight excluding hydrogens is 215 g/mol. The third-order valence-electron chi connectivity index (χ3n) is 2.00. The molecule has 1 fully saturated rings. The molecule has 0 radical (unpaired) electrons. The summed E-state index contributed by atoms with van der Waals surface area (Å²) in [6.45, 7) is 3.26. The maximum atomic E-state index is 12.3. The third kappa shape index (κ3) is 2.57. The zero-order chi connectivity index (χ0) is 10.9. The van der Waals surface area contributed by atoms with Gasteiger partial charge in [0, 0.05) is 0 Å². The molecule has 0 saturated carbocycles. The van der Waals surface area contributed by atoms with Crippen molar-refractivity contribution in [1.29, 1.82) is 0 Å². The van der Waals surface area contributed by atoms with Gasteiger partial charge in [0.1, 0.15) is 11.1 Å². The molecule has 1 N–H and O–H groups in total. The first-order valence-electron chi connectivity index (χ1n) is 4.32. The second-order valence-corrected chi connectivity index (χ2v) is 4.02. The van der Waals surface area contributed by atoms with Crippen LogP contribution in [0.4, 0.5) is 13.2 Å². The molecule has 1 saturated heterocycles. The van der Waals surface area contributed by atoms with Gasteiger partial charge in [-0.3, -0.25) is 0 Å². The minimum absolute atomic E-state index is 0.0554. The second-order valence-electron chi connectivity index (χ2n) is 3.58. The number of hydrogen-bond donors (Lipinski definition) is 1. The van der Waals surface area contributed by atoms with Gasteiger partial charge < -0.3 is 10.1 Å². The van der Waals surface area contributed by atoms with E-state index in [2.05, 4.69) is 5.32 Å². The van der Waals surface area contributed by atoms with E-state index in [0.717, 1.165) is 0 Å². The van der Waals surface area contributed by atoms with Crippen LogP contribution >= 0.6 is 12.2 Å². The van der Waals surface area contributed by atoms with Gasteiger partial charge in [0.25, 0.3) is 0 Å². The molecule has 0 unspecified atom stereocenters. The Labute approximate surface area is 85.8 Å². The summed E-state index contributed by atoms with van der Waals surface area (Å²) in [6.07, 6.45) is -6.71. The van der Waals surface area contributed by atoms with Crippen LogP contribution in [0.15, 0.2) is 0 Å². The van der Waals surface area contributed by atoms with Crippen molar-refractivity contribution in [2.75, 3.05) is 6.54 Å². The summed E-state index contributed by atoms with van der Waals surface area (Å²) in [5, 5.41) is 2.56. The Bertz CT molecular complexity index is 229. The van der Waals surface area contributed by atoms with E-state index in [0.29, 0.717) is 4.99 Å². The Morgan fingerprint density at radius 3 is 2.50 bits per heavy atom. The fraction of sp³-hybridized carbons (Fsp3) is 0.875. The smallest absolute Gasteiger partial charge is 0.375 e. The predicted molar refractivity (Wildman–Crippen MR) is 50.2 cm³/mol. The van der Waals surface area contributed by atoms with E-state index in [4.69, 9.17) is 17.0 Å². The normalized spacial score (nSPS) is 29.1. The van der Waals surface area contributed by atoms with Gasteiger partial charge in [-0.1, -0.05) is 26.1 Å². The molecule has 0 aromatic rings. The molecule has 6 heteroatoms. The van der Waals surface area contributed by atoms with E-state index in [1.807, 2.05) is 0 Å². The van der Waals surface area contributed by atoms with E-state index in [-0.39, 0.29) is 12.5 Å². The number of rotatable bonds is 1. The Kier molecular flexibility index (Phi) is 3.36. The molecule has 0 aromatic heterocycles. The highest BCUT2D eigenvalue weighted by Crippen LogP contribution is 2.27. The lowest BCUT2D eigenvalue weighted by molar-refractivity contribution is -0.231. The highest BCUT2D eigenvalue weighted by Gasteiger charge is 2.45. The van der Waals surface area contributed by atoms with Crippen molar-refractivity contribution in [3.63, 3.8) is 0 Å². The molecule has 14 heavy (non-hydrogen) atoms. The summed E-state index contributed by atoms with van der Waals surface area (Å²) in [6, 6.07) is 0. The van der Waals surface area contributed by atoms with Crippen LogP contribution in [0.2, 0.25) is 0 Å². The highest BCUT2D eigenvalue weighted by atomic mass is 32.1. The summed E-state index contributed by atoms with van der Waals surface area (Å²) in [5.41, 5.74) is 0. The van der Waals surface area contributed by atoms with Gasteiger partial charge in [-0.25, -0.2) is 0 Å². The average Bonchev–Trinajstić information content (AvgIpc) is 2.02. The van der Waals surface area contributed by atoms with Crippen LogP contribution < -0.4 is 5.32 Å². The molecule has 1 aliphatic heterocycles. The van der Waals surface area contributed by atoms with Crippen LogP contribution in [0.25, 0.3) is 0 Å². The van der Waals surface area contributed by atoms with Crippen molar-refractivity contribution in [3.8, 4) is 0 Å². The largest absolute Gasteiger partial charge is 0.416 e. The number of nitrogens with one attached hydrogen (secondary N) is 1. The lowest BCUT2D eigenvalue weighted by atomic mass is 10.1. The van der Waals surface area contributed by atoms with Crippen LogP contribution in [-0.4, -0.2) is 29.9 Å². The maximum absolute atomic E-state index is 12.3. The number of halogens is 3. The van der Waals surface area contributed by atoms with Crippen LogP contribution in [0.5, 0.6) is 0 Å². The molecule has 0 amide bonds. The monoisotopic (exact) mass is 227 g/mol. The molecular formula is C8H12F3NOS. The number of ether oxygens (including phenoxy) is 1. The van der Waals surface area contributed by atoms with E-state index < -0.39 is 18.4 Å². The van der Waals surface area contributed by atoms with E-state index >= 15 is 0 Å². The molecule has 1 aliphatic rings. The maximum Gasteiger partial charge on any atom is 0.416 e. The van der Waals surface area contributed by atoms with E-state index in [1.54, 1.807) is 13.8 Å². The topological polar surface area (TPSA) is 21.3 Å². The second kappa shape index (κ2) is 4.02. The molecule has 82 valence electrons. The molecule has 1 heterocycles. The van der Waals surface area contributed by atoms with Gasteiger partial charge in [0.05, 0.1) is 6.54 Å². The zero-order valence-corrected chi connectivity index (χ0v) is 8.71. The lowest BCUT2D eigenvalue weighted by Crippen LogP contribution is -2.55. The molecule has 0 bridgehead atoms. The van der Waals surface area contributed by atoms with Crippen molar-refractivity contribution >= 4 is 17.2 Å². The van der Waals surface area contributed by atoms with Gasteiger partial charge in [-0.2, -0.15) is 13.2 Å². The van der Waals surface area contributed by atoms with E-state index in [9.17, 15) is 13.2 Å². The molecule has 2 atom stereocenters. The Hall–Kier alpha value is -0.360. The van der Waals surface area contributed by atoms with Crippen molar-refractivity contribution in [2.45, 2.75) is 32.2 Å². The van der Waals surface area contributed by atoms with E-state index in [1.165, 1.54) is 0 Å². The SMILES string of the molecule is CC(C)[C@H]1O[C@H](C(F)(F)F)CNC1=S. The van der Waals surface area contributed by atoms with Crippen LogP contribution in [-0.2, 0) is 4.74 Å². The van der Waals surface area contributed by atoms with Gasteiger partial charge in [-0.05, 0) is 5.92 Å². The first-order chi connectivity index (χ1) is 6.32. The first kappa shape index (κ1) is 11.7. The number of morpholine rings is 1. The quantitative estimate of drug-likeness (QED) is 0.691. The molecule has 2 nitrogen and oxygen atoms in total. The van der Waals surface area contributed by atoms with Gasteiger partial charge in [0.15, 0.2) is 6.10 Å². The van der Waals surface area contributed by atoms with Crippen LogP contribution in [0, 0.1) is 5.92 Å². The van der Waals surface area contributed by atoms with Gasteiger partial charge >= 0.3 is 6.18 Å². The van der Waals surface area contributed by atoms with Crippen molar-refractivity contribution < 1.29 is 17.9 Å². The summed E-state index contributed by atoms with van der Waals surface area (Å²) < 4.78 is 41.8. The van der Waals surface area contributed by atoms with Crippen LogP contribution in [0.1, 0.15) is 13.8 Å². The fourth-order valence-electron chi connectivity index (χ4n) is 1.23. The molecule has 1 rings (SSSR count). The molecule has 0 spiro atoms. The number of thiocarbonyl (C=S) groups is 1. The summed E-state index contributed by atoms with van der Waals surface area (Å²) >= 11 is 4.88. The average molecular weight is 227 g/mol. The van der Waals surface area contributed by atoms with Gasteiger partial charge in [-0.15, -0.1) is 0 Å². The molecule has 0 aliphatic carbocycles. The zero-order valence-electron chi connectivity index (χ0n) is 7.89. The fourth-order valence-corrected chi connectivity index (χ4v) is 1.64. The lowest BCUT2D eigenvalue weighted by Gasteiger charge is -2.34. The van der Waals surface area contributed by atoms with Gasteiger partial charge in [0.2, 0.25) is 0 Å².